The van der Waals surface area contributed by atoms with Crippen LogP contribution in [0, 0.1) is 5.92 Å². The Kier molecular flexibility index (Phi) is 9.12. The molecule has 0 spiro atoms. The van der Waals surface area contributed by atoms with Crippen molar-refractivity contribution in [2.45, 2.75) is 56.9 Å². The number of carbonyl (C=O) groups excluding carboxylic acids is 3. The van der Waals surface area contributed by atoms with Crippen LogP contribution < -0.4 is 5.32 Å². The molecule has 0 bridgehead atoms. The number of rotatable bonds is 7. The molecule has 3 aliphatic rings. The lowest BCUT2D eigenvalue weighted by molar-refractivity contribution is -0.149. The Morgan fingerprint density at radius 1 is 1.00 bits per heavy atom. The predicted octanol–water partition coefficient (Wildman–Crippen LogP) is 3.58. The van der Waals surface area contributed by atoms with Gasteiger partial charge < -0.3 is 19.9 Å². The number of amides is 2. The van der Waals surface area contributed by atoms with Crippen molar-refractivity contribution >= 4 is 44.1 Å². The van der Waals surface area contributed by atoms with Crippen molar-refractivity contribution in [1.82, 2.24) is 14.1 Å². The number of nitrogens with one attached hydrogen (secondary N) is 1. The van der Waals surface area contributed by atoms with Gasteiger partial charge in [0.05, 0.1) is 23.0 Å². The molecule has 0 saturated carbocycles. The maximum Gasteiger partial charge on any atom is 0.309 e. The number of carbonyl (C=O) groups is 3. The summed E-state index contributed by atoms with van der Waals surface area (Å²) in [5.74, 6) is -0.971. The Morgan fingerprint density at radius 3 is 2.34 bits per heavy atom. The third-order valence-electron chi connectivity index (χ3n) is 8.16. The molecule has 0 unspecified atom stereocenters. The predicted molar refractivity (Wildman–Crippen MR) is 157 cm³/mol. The molecule has 0 aliphatic carbocycles. The standard InChI is InChI=1S/C29H38N4O6S2/c1-3-39-29(36)21-11-17-33(18-12-21)41(37,38)22-9-7-20(8-10-22)26(34)30-27-25(28(35)32-14-5-4-6-15-32)23-13-16-31(2)19-24(23)40-27/h7-10,21H,3-6,11-19H2,1-2H3,(H,30,34). The topological polar surface area (TPSA) is 116 Å². The van der Waals surface area contributed by atoms with Crippen molar-refractivity contribution in [1.29, 1.82) is 0 Å². The average molecular weight is 603 g/mol. The zero-order valence-electron chi connectivity index (χ0n) is 23.7. The molecule has 0 radical (unpaired) electrons. The highest BCUT2D eigenvalue weighted by molar-refractivity contribution is 7.89. The number of fused-ring (bicyclic) bond motifs is 1. The molecule has 2 aromatic rings. The van der Waals surface area contributed by atoms with Crippen LogP contribution in [0.15, 0.2) is 29.2 Å². The summed E-state index contributed by atoms with van der Waals surface area (Å²) >= 11 is 1.46. The van der Waals surface area contributed by atoms with Gasteiger partial charge in [0.1, 0.15) is 5.00 Å². The third-order valence-corrected chi connectivity index (χ3v) is 11.2. The van der Waals surface area contributed by atoms with E-state index in [9.17, 15) is 22.8 Å². The molecule has 0 atom stereocenters. The van der Waals surface area contributed by atoms with E-state index in [4.69, 9.17) is 4.74 Å². The molecule has 4 heterocycles. The van der Waals surface area contributed by atoms with E-state index in [1.807, 2.05) is 11.9 Å². The summed E-state index contributed by atoms with van der Waals surface area (Å²) in [5, 5.41) is 3.54. The highest BCUT2D eigenvalue weighted by Gasteiger charge is 2.34. The monoisotopic (exact) mass is 602 g/mol. The molecule has 12 heteroatoms. The zero-order chi connectivity index (χ0) is 29.1. The van der Waals surface area contributed by atoms with Gasteiger partial charge in [-0.3, -0.25) is 14.4 Å². The van der Waals surface area contributed by atoms with Crippen LogP contribution in [-0.2, 0) is 32.5 Å². The van der Waals surface area contributed by atoms with E-state index in [0.717, 1.165) is 62.3 Å². The quantitative estimate of drug-likeness (QED) is 0.482. The first kappa shape index (κ1) is 29.7. The minimum Gasteiger partial charge on any atom is -0.466 e. The third kappa shape index (κ3) is 6.35. The van der Waals surface area contributed by atoms with Gasteiger partial charge in [-0.05, 0) is 82.3 Å². The van der Waals surface area contributed by atoms with Crippen LogP contribution in [0.25, 0.3) is 0 Å². The summed E-state index contributed by atoms with van der Waals surface area (Å²) in [5.41, 5.74) is 1.95. The molecular weight excluding hydrogens is 564 g/mol. The molecule has 1 N–H and O–H groups in total. The van der Waals surface area contributed by atoms with E-state index < -0.39 is 10.0 Å². The average Bonchev–Trinajstić information content (AvgIpc) is 3.34. The van der Waals surface area contributed by atoms with Gasteiger partial charge in [0.15, 0.2) is 0 Å². The number of likely N-dealkylation sites (N-methyl/N-ethyl adjacent to an activating group) is 1. The molecule has 3 aliphatic heterocycles. The van der Waals surface area contributed by atoms with Crippen molar-refractivity contribution in [3.8, 4) is 0 Å². The smallest absolute Gasteiger partial charge is 0.309 e. The van der Waals surface area contributed by atoms with Crippen molar-refractivity contribution in [3.63, 3.8) is 0 Å². The summed E-state index contributed by atoms with van der Waals surface area (Å²) in [6.07, 6.45) is 4.69. The molecule has 2 saturated heterocycles. The van der Waals surface area contributed by atoms with Crippen LogP contribution in [0.2, 0.25) is 0 Å². The highest BCUT2D eigenvalue weighted by Crippen LogP contribution is 2.38. The highest BCUT2D eigenvalue weighted by atomic mass is 32.2. The van der Waals surface area contributed by atoms with E-state index >= 15 is 0 Å². The van der Waals surface area contributed by atoms with Gasteiger partial charge in [-0.2, -0.15) is 4.31 Å². The Balaban J connectivity index is 1.30. The van der Waals surface area contributed by atoms with Crippen LogP contribution in [-0.4, -0.2) is 86.7 Å². The number of ether oxygens (including phenoxy) is 1. The minimum atomic E-state index is -3.77. The number of hydrogen-bond acceptors (Lipinski definition) is 8. The van der Waals surface area contributed by atoms with Crippen LogP contribution in [0.3, 0.4) is 0 Å². The molecule has 1 aromatic carbocycles. The molecule has 5 rings (SSSR count). The van der Waals surface area contributed by atoms with Crippen molar-refractivity contribution < 1.29 is 27.5 Å². The van der Waals surface area contributed by atoms with Gasteiger partial charge in [0.25, 0.3) is 11.8 Å². The zero-order valence-corrected chi connectivity index (χ0v) is 25.3. The number of benzene rings is 1. The fourth-order valence-electron chi connectivity index (χ4n) is 5.80. The van der Waals surface area contributed by atoms with Gasteiger partial charge in [-0.1, -0.05) is 0 Å². The van der Waals surface area contributed by atoms with E-state index in [1.54, 1.807) is 6.92 Å². The van der Waals surface area contributed by atoms with Crippen LogP contribution in [0.4, 0.5) is 5.00 Å². The van der Waals surface area contributed by atoms with Crippen molar-refractivity contribution in [2.24, 2.45) is 5.92 Å². The summed E-state index contributed by atoms with van der Waals surface area (Å²) < 4.78 is 32.9. The lowest BCUT2D eigenvalue weighted by Crippen LogP contribution is -2.40. The molecule has 1 aromatic heterocycles. The molecular formula is C29H38N4O6S2. The maximum atomic E-state index is 13.6. The summed E-state index contributed by atoms with van der Waals surface area (Å²) in [7, 11) is -1.72. The number of hydrogen-bond donors (Lipinski definition) is 1. The summed E-state index contributed by atoms with van der Waals surface area (Å²) in [6, 6.07) is 5.88. The second-order valence-electron chi connectivity index (χ2n) is 11.0. The second-order valence-corrected chi connectivity index (χ2v) is 14.0. The summed E-state index contributed by atoms with van der Waals surface area (Å²) in [6.45, 7) is 5.58. The summed E-state index contributed by atoms with van der Waals surface area (Å²) in [4.78, 5) is 44.3. The van der Waals surface area contributed by atoms with Gasteiger partial charge in [-0.15, -0.1) is 11.3 Å². The fourth-order valence-corrected chi connectivity index (χ4v) is 8.58. The lowest BCUT2D eigenvalue weighted by Gasteiger charge is -2.30. The maximum absolute atomic E-state index is 13.6. The first-order valence-electron chi connectivity index (χ1n) is 14.4. The number of anilines is 1. The van der Waals surface area contributed by atoms with Gasteiger partial charge in [0.2, 0.25) is 10.0 Å². The van der Waals surface area contributed by atoms with Crippen LogP contribution in [0.1, 0.15) is 70.2 Å². The number of likely N-dealkylation sites (tertiary alicyclic amines) is 1. The largest absolute Gasteiger partial charge is 0.466 e. The lowest BCUT2D eigenvalue weighted by atomic mass is 9.98. The Bertz CT molecular complexity index is 1390. The molecule has 222 valence electrons. The van der Waals surface area contributed by atoms with Crippen molar-refractivity contribution in [2.75, 3.05) is 51.7 Å². The number of piperidine rings is 2. The van der Waals surface area contributed by atoms with Crippen LogP contribution in [0.5, 0.6) is 0 Å². The van der Waals surface area contributed by atoms with E-state index in [2.05, 4.69) is 10.2 Å². The number of thiophene rings is 1. The Hall–Kier alpha value is -2.80. The van der Waals surface area contributed by atoms with Gasteiger partial charge in [-0.25, -0.2) is 8.42 Å². The number of nitrogens with zero attached hydrogens (tertiary/aromatic N) is 3. The number of esters is 1. The Labute approximate surface area is 245 Å². The fraction of sp³-hybridized carbons (Fsp3) is 0.552. The van der Waals surface area contributed by atoms with E-state index in [0.29, 0.717) is 35.6 Å². The normalized spacial score (nSPS) is 19.0. The van der Waals surface area contributed by atoms with E-state index in [1.165, 1.54) is 39.9 Å². The SMILES string of the molecule is CCOC(=O)C1CCN(S(=O)(=O)c2ccc(C(=O)Nc3sc4c(c3C(=O)N3CCCCC3)CCN(C)C4)cc2)CC1. The van der Waals surface area contributed by atoms with Crippen LogP contribution >= 0.6 is 11.3 Å². The molecule has 41 heavy (non-hydrogen) atoms. The Morgan fingerprint density at radius 2 is 1.68 bits per heavy atom. The van der Waals surface area contributed by atoms with E-state index in [-0.39, 0.29) is 41.7 Å². The van der Waals surface area contributed by atoms with Crippen molar-refractivity contribution in [3.05, 3.63) is 45.8 Å². The molecule has 2 amide bonds. The van der Waals surface area contributed by atoms with Gasteiger partial charge in [0, 0.05) is 49.7 Å². The second kappa shape index (κ2) is 12.6. The first-order valence-corrected chi connectivity index (χ1v) is 16.6. The molecule has 2 fully saturated rings. The molecule has 10 nitrogen and oxygen atoms in total. The number of sulfonamides is 1. The first-order chi connectivity index (χ1) is 19.7. The van der Waals surface area contributed by atoms with Gasteiger partial charge >= 0.3 is 5.97 Å². The minimum absolute atomic E-state index is 0.0183.